The number of amides is 1. The second-order valence-electron chi connectivity index (χ2n) is 6.63. The lowest BCUT2D eigenvalue weighted by molar-refractivity contribution is 0.0941. The van der Waals surface area contributed by atoms with E-state index in [1.807, 2.05) is 37.3 Å². The van der Waals surface area contributed by atoms with Crippen LogP contribution in [0.2, 0.25) is 0 Å². The SMILES string of the molecule is Cc1c(C(=O)NCCN2CCNCC2)nnn1-c1cccc2ncccc12.Cl.Cl. The summed E-state index contributed by atoms with van der Waals surface area (Å²) < 4.78 is 1.70. The van der Waals surface area contributed by atoms with Gasteiger partial charge in [-0.2, -0.15) is 0 Å². The maximum Gasteiger partial charge on any atom is 0.273 e. The van der Waals surface area contributed by atoms with Gasteiger partial charge in [0.1, 0.15) is 0 Å². The average molecular weight is 438 g/mol. The van der Waals surface area contributed by atoms with Crippen LogP contribution in [0.4, 0.5) is 0 Å². The van der Waals surface area contributed by atoms with Crippen LogP contribution in [0.3, 0.4) is 0 Å². The van der Waals surface area contributed by atoms with E-state index in [-0.39, 0.29) is 30.7 Å². The number of halogens is 2. The van der Waals surface area contributed by atoms with Gasteiger partial charge in [-0.3, -0.25) is 14.7 Å². The molecule has 0 saturated carbocycles. The number of fused-ring (bicyclic) bond motifs is 1. The zero-order chi connectivity index (χ0) is 18.6. The van der Waals surface area contributed by atoms with Gasteiger partial charge in [0.25, 0.3) is 5.91 Å². The highest BCUT2D eigenvalue weighted by atomic mass is 35.5. The number of aromatic nitrogens is 4. The molecular weight excluding hydrogens is 413 g/mol. The number of hydrogen-bond donors (Lipinski definition) is 2. The van der Waals surface area contributed by atoms with Gasteiger partial charge in [-0.15, -0.1) is 29.9 Å². The van der Waals surface area contributed by atoms with Gasteiger partial charge in [-0.25, -0.2) is 4.68 Å². The van der Waals surface area contributed by atoms with Gasteiger partial charge in [-0.1, -0.05) is 11.3 Å². The predicted molar refractivity (Wildman–Crippen MR) is 118 cm³/mol. The van der Waals surface area contributed by atoms with Gasteiger partial charge in [0.15, 0.2) is 5.69 Å². The molecule has 8 nitrogen and oxygen atoms in total. The molecule has 0 aliphatic carbocycles. The van der Waals surface area contributed by atoms with E-state index in [2.05, 4.69) is 30.8 Å². The second-order valence-corrected chi connectivity index (χ2v) is 6.63. The van der Waals surface area contributed by atoms with Gasteiger partial charge >= 0.3 is 0 Å². The summed E-state index contributed by atoms with van der Waals surface area (Å²) in [5, 5.41) is 15.6. The molecule has 0 atom stereocenters. The Bertz CT molecular complexity index is 951. The molecule has 0 bridgehead atoms. The molecule has 0 unspecified atom stereocenters. The van der Waals surface area contributed by atoms with Crippen molar-refractivity contribution in [2.24, 2.45) is 0 Å². The summed E-state index contributed by atoms with van der Waals surface area (Å²) in [6.07, 6.45) is 1.76. The number of carbonyl (C=O) groups is 1. The molecule has 156 valence electrons. The van der Waals surface area contributed by atoms with Crippen LogP contribution in [-0.2, 0) is 0 Å². The van der Waals surface area contributed by atoms with Crippen LogP contribution in [0.5, 0.6) is 0 Å². The molecule has 29 heavy (non-hydrogen) atoms. The normalized spacial score (nSPS) is 14.1. The van der Waals surface area contributed by atoms with Crippen molar-refractivity contribution in [2.75, 3.05) is 39.3 Å². The number of pyridine rings is 1. The molecule has 0 radical (unpaired) electrons. The number of nitrogens with zero attached hydrogens (tertiary/aromatic N) is 5. The average Bonchev–Trinajstić information content (AvgIpc) is 3.09. The van der Waals surface area contributed by atoms with Crippen LogP contribution < -0.4 is 10.6 Å². The largest absolute Gasteiger partial charge is 0.349 e. The number of carbonyl (C=O) groups excluding carboxylic acids is 1. The minimum absolute atomic E-state index is 0. The summed E-state index contributed by atoms with van der Waals surface area (Å²) in [4.78, 5) is 19.3. The second kappa shape index (κ2) is 10.5. The van der Waals surface area contributed by atoms with E-state index in [1.165, 1.54) is 0 Å². The Labute approximate surface area is 181 Å². The molecule has 2 N–H and O–H groups in total. The van der Waals surface area contributed by atoms with Crippen molar-refractivity contribution in [1.29, 1.82) is 0 Å². The topological polar surface area (TPSA) is 88.0 Å². The smallest absolute Gasteiger partial charge is 0.273 e. The molecular formula is C19H25Cl2N7O. The Balaban J connectivity index is 0.00000150. The summed E-state index contributed by atoms with van der Waals surface area (Å²) in [5.74, 6) is -0.188. The third-order valence-corrected chi connectivity index (χ3v) is 4.88. The Hall–Kier alpha value is -2.26. The van der Waals surface area contributed by atoms with Crippen molar-refractivity contribution < 1.29 is 4.79 Å². The van der Waals surface area contributed by atoms with Gasteiger partial charge in [0.2, 0.25) is 0 Å². The highest BCUT2D eigenvalue weighted by molar-refractivity contribution is 5.94. The van der Waals surface area contributed by atoms with Crippen LogP contribution in [0.1, 0.15) is 16.2 Å². The summed E-state index contributed by atoms with van der Waals surface area (Å²) >= 11 is 0. The molecule has 1 fully saturated rings. The number of piperazine rings is 1. The van der Waals surface area contributed by atoms with E-state index < -0.39 is 0 Å². The van der Waals surface area contributed by atoms with E-state index in [9.17, 15) is 4.79 Å². The van der Waals surface area contributed by atoms with Crippen LogP contribution in [-0.4, -0.2) is 70.1 Å². The lowest BCUT2D eigenvalue weighted by Gasteiger charge is -2.26. The number of benzene rings is 1. The Morgan fingerprint density at radius 2 is 1.97 bits per heavy atom. The fourth-order valence-corrected chi connectivity index (χ4v) is 3.39. The van der Waals surface area contributed by atoms with E-state index in [1.54, 1.807) is 10.9 Å². The Kier molecular flexibility index (Phi) is 8.33. The van der Waals surface area contributed by atoms with Gasteiger partial charge < -0.3 is 10.6 Å². The van der Waals surface area contributed by atoms with E-state index in [4.69, 9.17) is 0 Å². The highest BCUT2D eigenvalue weighted by Gasteiger charge is 2.18. The van der Waals surface area contributed by atoms with Crippen molar-refractivity contribution in [3.05, 3.63) is 47.9 Å². The van der Waals surface area contributed by atoms with Crippen LogP contribution in [0.25, 0.3) is 16.6 Å². The minimum atomic E-state index is -0.188. The summed E-state index contributed by atoms with van der Waals surface area (Å²) in [7, 11) is 0. The van der Waals surface area contributed by atoms with Crippen molar-refractivity contribution in [3.63, 3.8) is 0 Å². The number of hydrogen-bond acceptors (Lipinski definition) is 6. The molecule has 3 aromatic rings. The van der Waals surface area contributed by atoms with Gasteiger partial charge in [0.05, 0.1) is 16.9 Å². The molecule has 10 heteroatoms. The molecule has 2 aromatic heterocycles. The molecule has 3 heterocycles. The number of rotatable bonds is 5. The molecule has 1 saturated heterocycles. The van der Waals surface area contributed by atoms with Crippen molar-refractivity contribution >= 4 is 41.6 Å². The first kappa shape index (κ1) is 23.0. The van der Waals surface area contributed by atoms with E-state index in [0.717, 1.165) is 49.3 Å². The quantitative estimate of drug-likeness (QED) is 0.630. The van der Waals surface area contributed by atoms with Crippen LogP contribution >= 0.6 is 24.8 Å². The first-order chi connectivity index (χ1) is 13.2. The van der Waals surface area contributed by atoms with E-state index >= 15 is 0 Å². The third kappa shape index (κ3) is 5.02. The molecule has 0 spiro atoms. The molecule has 1 aliphatic heterocycles. The lowest BCUT2D eigenvalue weighted by Crippen LogP contribution is -2.46. The maximum atomic E-state index is 12.5. The highest BCUT2D eigenvalue weighted by Crippen LogP contribution is 2.21. The third-order valence-electron chi connectivity index (χ3n) is 4.88. The molecule has 1 aromatic carbocycles. The number of nitrogens with one attached hydrogen (secondary N) is 2. The first-order valence-electron chi connectivity index (χ1n) is 9.22. The zero-order valence-electron chi connectivity index (χ0n) is 16.2. The summed E-state index contributed by atoms with van der Waals surface area (Å²) in [5.41, 5.74) is 2.82. The Morgan fingerprint density at radius 3 is 2.76 bits per heavy atom. The van der Waals surface area contributed by atoms with Crippen LogP contribution in [0.15, 0.2) is 36.5 Å². The fraction of sp³-hybridized carbons (Fsp3) is 0.368. The minimum Gasteiger partial charge on any atom is -0.349 e. The monoisotopic (exact) mass is 437 g/mol. The Morgan fingerprint density at radius 1 is 1.17 bits per heavy atom. The predicted octanol–water partition coefficient (Wildman–Crippen LogP) is 1.60. The standard InChI is InChI=1S/C19H23N7O.2ClH/c1-14-18(19(27)22-10-13-25-11-8-20-9-12-25)23-24-26(14)17-6-2-5-16-15(17)4-3-7-21-16;;/h2-7,20H,8-13H2,1H3,(H,22,27);2*1H. The van der Waals surface area contributed by atoms with Crippen molar-refractivity contribution in [2.45, 2.75) is 6.92 Å². The maximum absolute atomic E-state index is 12.5. The fourth-order valence-electron chi connectivity index (χ4n) is 3.39. The molecule has 1 aliphatic rings. The summed E-state index contributed by atoms with van der Waals surface area (Å²) in [6.45, 7) is 7.34. The van der Waals surface area contributed by atoms with Gasteiger partial charge in [-0.05, 0) is 31.2 Å². The molecule has 1 amide bonds. The molecule has 4 rings (SSSR count). The lowest BCUT2D eigenvalue weighted by atomic mass is 10.2. The van der Waals surface area contributed by atoms with E-state index in [0.29, 0.717) is 17.9 Å². The van der Waals surface area contributed by atoms with Crippen molar-refractivity contribution in [1.82, 2.24) is 35.5 Å². The summed E-state index contributed by atoms with van der Waals surface area (Å²) in [6, 6.07) is 9.72. The van der Waals surface area contributed by atoms with Crippen LogP contribution in [0, 0.1) is 6.92 Å². The van der Waals surface area contributed by atoms with Crippen molar-refractivity contribution in [3.8, 4) is 5.69 Å². The first-order valence-corrected chi connectivity index (χ1v) is 9.22. The van der Waals surface area contributed by atoms with Gasteiger partial charge in [0, 0.05) is 50.9 Å². The zero-order valence-corrected chi connectivity index (χ0v) is 17.8.